The second-order valence-corrected chi connectivity index (χ2v) is 6.37. The van der Waals surface area contributed by atoms with Crippen LogP contribution < -0.4 is 5.43 Å². The molecule has 23 heavy (non-hydrogen) atoms. The Bertz CT molecular complexity index is 738. The maximum atomic E-state index is 12.0. The minimum Gasteiger partial charge on any atom is -0.267 e. The van der Waals surface area contributed by atoms with Gasteiger partial charge in [0.1, 0.15) is 5.15 Å². The van der Waals surface area contributed by atoms with Crippen molar-refractivity contribution in [2.75, 3.05) is 0 Å². The van der Waals surface area contributed by atoms with E-state index >= 15 is 0 Å². The van der Waals surface area contributed by atoms with Gasteiger partial charge in [-0.2, -0.15) is 10.2 Å². The normalized spacial score (nSPS) is 11.4. The molecule has 0 aliphatic heterocycles. The number of nitrogens with one attached hydrogen (secondary N) is 1. The number of aryl methyl sites for hydroxylation is 1. The minimum atomic E-state index is -0.341. The molecule has 0 fully saturated rings. The van der Waals surface area contributed by atoms with Gasteiger partial charge in [-0.1, -0.05) is 43.1 Å². The van der Waals surface area contributed by atoms with Crippen molar-refractivity contribution in [2.24, 2.45) is 11.0 Å². The summed E-state index contributed by atoms with van der Waals surface area (Å²) >= 11 is 12.2. The molecule has 5 nitrogen and oxygen atoms in total. The number of carbonyl (C=O) groups excluding carboxylic acids is 1. The van der Waals surface area contributed by atoms with Crippen molar-refractivity contribution in [3.05, 3.63) is 51.3 Å². The first-order chi connectivity index (χ1) is 10.9. The number of hydrogen-bond donors (Lipinski definition) is 1. The van der Waals surface area contributed by atoms with Crippen LogP contribution in [0.4, 0.5) is 0 Å². The molecule has 2 aromatic rings. The largest absolute Gasteiger partial charge is 0.271 e. The van der Waals surface area contributed by atoms with Crippen molar-refractivity contribution in [1.29, 1.82) is 0 Å². The lowest BCUT2D eigenvalue weighted by atomic mass is 10.2. The molecular formula is C16H18Cl2N4O. The number of carbonyl (C=O) groups is 1. The van der Waals surface area contributed by atoms with Crippen LogP contribution in [0.1, 0.15) is 35.5 Å². The molecule has 0 bridgehead atoms. The lowest BCUT2D eigenvalue weighted by Crippen LogP contribution is -2.17. The van der Waals surface area contributed by atoms with E-state index < -0.39 is 0 Å². The Hall–Kier alpha value is -1.85. The second-order valence-electron chi connectivity index (χ2n) is 5.58. The molecule has 122 valence electrons. The molecule has 7 heteroatoms. The first-order valence-corrected chi connectivity index (χ1v) is 7.96. The first kappa shape index (κ1) is 17.5. The van der Waals surface area contributed by atoms with Crippen molar-refractivity contribution in [1.82, 2.24) is 15.2 Å². The van der Waals surface area contributed by atoms with E-state index in [0.29, 0.717) is 27.2 Å². The standard InChI is InChI=1S/C16H18Cl2N4O/c1-10(2)9-22-15(18)14(11(3)21-22)8-19-20-16(23)12-5-4-6-13(17)7-12/h4-8,10H,9H2,1-3H3,(H,20,23)/b19-8-. The van der Waals surface area contributed by atoms with Crippen LogP contribution >= 0.6 is 23.2 Å². The molecule has 1 aromatic heterocycles. The summed E-state index contributed by atoms with van der Waals surface area (Å²) in [7, 11) is 0. The van der Waals surface area contributed by atoms with Gasteiger partial charge in [-0.15, -0.1) is 0 Å². The fraction of sp³-hybridized carbons (Fsp3) is 0.312. The Labute approximate surface area is 145 Å². The van der Waals surface area contributed by atoms with Crippen molar-refractivity contribution < 1.29 is 4.79 Å². The van der Waals surface area contributed by atoms with Crippen molar-refractivity contribution in [3.63, 3.8) is 0 Å². The topological polar surface area (TPSA) is 59.3 Å². The van der Waals surface area contributed by atoms with E-state index in [9.17, 15) is 4.79 Å². The summed E-state index contributed by atoms with van der Waals surface area (Å²) in [5, 5.41) is 9.34. The molecule has 2 rings (SSSR count). The van der Waals surface area contributed by atoms with E-state index in [1.165, 1.54) is 6.21 Å². The quantitative estimate of drug-likeness (QED) is 0.654. The molecule has 0 aliphatic rings. The van der Waals surface area contributed by atoms with Crippen molar-refractivity contribution >= 4 is 35.3 Å². The van der Waals surface area contributed by atoms with Gasteiger partial charge in [0.05, 0.1) is 17.5 Å². The van der Waals surface area contributed by atoms with E-state index in [4.69, 9.17) is 23.2 Å². The van der Waals surface area contributed by atoms with Crippen LogP contribution in [0.25, 0.3) is 0 Å². The lowest BCUT2D eigenvalue weighted by Gasteiger charge is -2.05. The molecule has 1 N–H and O–H groups in total. The van der Waals surface area contributed by atoms with E-state index in [1.54, 1.807) is 28.9 Å². The second kappa shape index (κ2) is 7.62. The molecule has 0 saturated heterocycles. The Kier molecular flexibility index (Phi) is 5.80. The highest BCUT2D eigenvalue weighted by atomic mass is 35.5. The molecule has 0 saturated carbocycles. The predicted octanol–water partition coefficient (Wildman–Crippen LogP) is 3.92. The van der Waals surface area contributed by atoms with Crippen LogP contribution in [0.2, 0.25) is 10.2 Å². The molecule has 0 spiro atoms. The Balaban J connectivity index is 2.09. The number of nitrogens with zero attached hydrogens (tertiary/aromatic N) is 3. The molecule has 1 aromatic carbocycles. The maximum Gasteiger partial charge on any atom is 0.271 e. The number of rotatable bonds is 5. The number of hydrogen-bond acceptors (Lipinski definition) is 3. The molecule has 1 amide bonds. The van der Waals surface area contributed by atoms with E-state index in [-0.39, 0.29) is 5.91 Å². The number of hydrazone groups is 1. The fourth-order valence-corrected chi connectivity index (χ4v) is 2.51. The molecular weight excluding hydrogens is 335 g/mol. The summed E-state index contributed by atoms with van der Waals surface area (Å²) in [5.74, 6) is 0.0891. The molecule has 0 radical (unpaired) electrons. The maximum absolute atomic E-state index is 12.0. The zero-order valence-corrected chi connectivity index (χ0v) is 14.7. The van der Waals surface area contributed by atoms with Gasteiger partial charge in [0.2, 0.25) is 0 Å². The van der Waals surface area contributed by atoms with Gasteiger partial charge < -0.3 is 0 Å². The van der Waals surface area contributed by atoms with Crippen LogP contribution in [0.3, 0.4) is 0 Å². The van der Waals surface area contributed by atoms with Crippen LogP contribution in [0.5, 0.6) is 0 Å². The SMILES string of the molecule is Cc1nn(CC(C)C)c(Cl)c1/C=N\NC(=O)c1cccc(Cl)c1. The summed E-state index contributed by atoms with van der Waals surface area (Å²) in [4.78, 5) is 12.0. The number of amides is 1. The Morgan fingerprint density at radius 3 is 2.83 bits per heavy atom. The van der Waals surface area contributed by atoms with E-state index in [2.05, 4.69) is 29.5 Å². The van der Waals surface area contributed by atoms with E-state index in [1.807, 2.05) is 6.92 Å². The third-order valence-corrected chi connectivity index (χ3v) is 3.73. The predicted molar refractivity (Wildman–Crippen MR) is 93.3 cm³/mol. The van der Waals surface area contributed by atoms with E-state index in [0.717, 1.165) is 12.2 Å². The molecule has 0 unspecified atom stereocenters. The van der Waals surface area contributed by atoms with Crippen LogP contribution in [0, 0.1) is 12.8 Å². The van der Waals surface area contributed by atoms with Crippen molar-refractivity contribution in [2.45, 2.75) is 27.3 Å². The minimum absolute atomic E-state index is 0.341. The van der Waals surface area contributed by atoms with Gasteiger partial charge in [0.15, 0.2) is 0 Å². The highest BCUT2D eigenvalue weighted by molar-refractivity contribution is 6.32. The molecule has 0 atom stereocenters. The van der Waals surface area contributed by atoms with Gasteiger partial charge in [-0.3, -0.25) is 9.48 Å². The van der Waals surface area contributed by atoms with Crippen LogP contribution in [-0.4, -0.2) is 21.9 Å². The third kappa shape index (κ3) is 4.56. The van der Waals surface area contributed by atoms with Crippen LogP contribution in [-0.2, 0) is 6.54 Å². The molecule has 1 heterocycles. The first-order valence-electron chi connectivity index (χ1n) is 7.20. The lowest BCUT2D eigenvalue weighted by molar-refractivity contribution is 0.0955. The van der Waals surface area contributed by atoms with Crippen molar-refractivity contribution in [3.8, 4) is 0 Å². The fourth-order valence-electron chi connectivity index (χ4n) is 2.03. The zero-order valence-electron chi connectivity index (χ0n) is 13.2. The highest BCUT2D eigenvalue weighted by Gasteiger charge is 2.12. The average Bonchev–Trinajstić information content (AvgIpc) is 2.73. The van der Waals surface area contributed by atoms with Gasteiger partial charge in [-0.25, -0.2) is 5.43 Å². The van der Waals surface area contributed by atoms with Gasteiger partial charge >= 0.3 is 0 Å². The van der Waals surface area contributed by atoms with Crippen LogP contribution in [0.15, 0.2) is 29.4 Å². The van der Waals surface area contributed by atoms with Gasteiger partial charge in [-0.05, 0) is 31.0 Å². The van der Waals surface area contributed by atoms with Gasteiger partial charge in [0.25, 0.3) is 5.91 Å². The number of aromatic nitrogens is 2. The Morgan fingerprint density at radius 2 is 2.17 bits per heavy atom. The number of halogens is 2. The summed E-state index contributed by atoms with van der Waals surface area (Å²) in [6, 6.07) is 6.65. The summed E-state index contributed by atoms with van der Waals surface area (Å²) in [5.41, 5.74) is 4.35. The Morgan fingerprint density at radius 1 is 1.43 bits per heavy atom. The monoisotopic (exact) mass is 352 g/mol. The molecule has 0 aliphatic carbocycles. The zero-order chi connectivity index (χ0) is 17.0. The summed E-state index contributed by atoms with van der Waals surface area (Å²) in [6.07, 6.45) is 1.50. The van der Waals surface area contributed by atoms with Gasteiger partial charge in [0, 0.05) is 17.1 Å². The average molecular weight is 353 g/mol. The summed E-state index contributed by atoms with van der Waals surface area (Å²) < 4.78 is 1.74. The smallest absolute Gasteiger partial charge is 0.267 e. The number of benzene rings is 1. The highest BCUT2D eigenvalue weighted by Crippen LogP contribution is 2.19. The summed E-state index contributed by atoms with van der Waals surface area (Å²) in [6.45, 7) is 6.75. The third-order valence-electron chi connectivity index (χ3n) is 3.09.